The van der Waals surface area contributed by atoms with Gasteiger partial charge in [0.25, 0.3) is 12.0 Å². The molecule has 0 atom stereocenters. The molecule has 0 spiro atoms. The van der Waals surface area contributed by atoms with Gasteiger partial charge in [0.05, 0.1) is 16.3 Å². The first-order chi connectivity index (χ1) is 12.9. The molecule has 27 heavy (non-hydrogen) atoms. The number of rotatable bonds is 5. The van der Waals surface area contributed by atoms with Crippen LogP contribution in [0.1, 0.15) is 11.1 Å². The van der Waals surface area contributed by atoms with E-state index in [0.717, 1.165) is 16.8 Å². The number of aromatic amines is 1. The number of carbonyl (C=O) groups is 1. The second kappa shape index (κ2) is 7.37. The average molecular weight is 363 g/mol. The maximum Gasteiger partial charge on any atom is 0.298 e. The Balaban J connectivity index is 2.06. The summed E-state index contributed by atoms with van der Waals surface area (Å²) in [7, 11) is 3.98. The summed E-state index contributed by atoms with van der Waals surface area (Å²) >= 11 is 0. The summed E-state index contributed by atoms with van der Waals surface area (Å²) in [4.78, 5) is 25.3. The SMILES string of the molecule is C=c1[nH]n(-c2ccc(OC=O)cc2)c(=O)c1=Cc1ccc(N(C)C)cc1C. The summed E-state index contributed by atoms with van der Waals surface area (Å²) in [6, 6.07) is 12.7. The Morgan fingerprint density at radius 1 is 1.15 bits per heavy atom. The van der Waals surface area contributed by atoms with Gasteiger partial charge in [-0.2, -0.15) is 0 Å². The van der Waals surface area contributed by atoms with E-state index in [0.29, 0.717) is 28.5 Å². The van der Waals surface area contributed by atoms with Crippen LogP contribution in [0.5, 0.6) is 5.75 Å². The van der Waals surface area contributed by atoms with E-state index in [1.54, 1.807) is 24.3 Å². The molecule has 0 saturated carbocycles. The molecule has 138 valence electrons. The molecule has 2 aromatic carbocycles. The Hall–Kier alpha value is -3.54. The van der Waals surface area contributed by atoms with Gasteiger partial charge in [0, 0.05) is 19.8 Å². The van der Waals surface area contributed by atoms with Crippen LogP contribution in [-0.4, -0.2) is 30.3 Å². The molecular weight excluding hydrogens is 342 g/mol. The molecule has 1 N–H and O–H groups in total. The van der Waals surface area contributed by atoms with Crippen molar-refractivity contribution in [3.63, 3.8) is 0 Å². The lowest BCUT2D eigenvalue weighted by Gasteiger charge is -2.13. The van der Waals surface area contributed by atoms with Gasteiger partial charge in [0.1, 0.15) is 5.75 Å². The van der Waals surface area contributed by atoms with Gasteiger partial charge in [-0.3, -0.25) is 14.7 Å². The highest BCUT2D eigenvalue weighted by atomic mass is 16.5. The number of ether oxygens (including phenoxy) is 1. The number of aromatic nitrogens is 2. The van der Waals surface area contributed by atoms with E-state index in [-0.39, 0.29) is 5.56 Å². The predicted octanol–water partition coefficient (Wildman–Crippen LogP) is 1.31. The minimum absolute atomic E-state index is 0.194. The van der Waals surface area contributed by atoms with Gasteiger partial charge < -0.3 is 9.64 Å². The van der Waals surface area contributed by atoms with E-state index in [1.807, 2.05) is 44.1 Å². The number of nitrogens with zero attached hydrogens (tertiary/aromatic N) is 2. The Kier molecular flexibility index (Phi) is 4.98. The van der Waals surface area contributed by atoms with Crippen LogP contribution in [0.4, 0.5) is 5.69 Å². The summed E-state index contributed by atoms with van der Waals surface area (Å²) in [6.07, 6.45) is 1.84. The number of benzene rings is 2. The molecule has 0 fully saturated rings. The van der Waals surface area contributed by atoms with Gasteiger partial charge in [-0.05, 0) is 60.5 Å². The summed E-state index contributed by atoms with van der Waals surface area (Å²) in [5.74, 6) is 0.409. The van der Waals surface area contributed by atoms with Gasteiger partial charge in [0.2, 0.25) is 0 Å². The third-order valence-electron chi connectivity index (χ3n) is 4.35. The first-order valence-corrected chi connectivity index (χ1v) is 8.41. The Morgan fingerprint density at radius 2 is 1.85 bits per heavy atom. The minimum Gasteiger partial charge on any atom is -0.429 e. The molecule has 6 nitrogen and oxygen atoms in total. The molecule has 1 aromatic heterocycles. The first-order valence-electron chi connectivity index (χ1n) is 8.41. The second-order valence-corrected chi connectivity index (χ2v) is 6.43. The van der Waals surface area contributed by atoms with Crippen LogP contribution in [0.25, 0.3) is 18.3 Å². The number of H-pyrrole nitrogens is 1. The molecule has 0 unspecified atom stereocenters. The lowest BCUT2D eigenvalue weighted by atomic mass is 10.1. The molecule has 6 heteroatoms. The molecule has 0 aliphatic carbocycles. The number of carbonyl (C=O) groups excluding carboxylic acids is 1. The van der Waals surface area contributed by atoms with Crippen LogP contribution >= 0.6 is 0 Å². The van der Waals surface area contributed by atoms with E-state index in [2.05, 4.69) is 17.7 Å². The van der Waals surface area contributed by atoms with Crippen LogP contribution < -0.4 is 25.8 Å². The zero-order valence-electron chi connectivity index (χ0n) is 15.5. The second-order valence-electron chi connectivity index (χ2n) is 6.43. The smallest absolute Gasteiger partial charge is 0.298 e. The number of hydrogen-bond acceptors (Lipinski definition) is 4. The molecule has 1 heterocycles. The molecule has 0 bridgehead atoms. The monoisotopic (exact) mass is 363 g/mol. The summed E-state index contributed by atoms with van der Waals surface area (Å²) in [6.45, 7) is 6.33. The zero-order chi connectivity index (χ0) is 19.6. The maximum absolute atomic E-state index is 12.9. The number of hydrogen-bond donors (Lipinski definition) is 1. The lowest BCUT2D eigenvalue weighted by Crippen LogP contribution is -2.34. The number of anilines is 1. The fourth-order valence-corrected chi connectivity index (χ4v) is 2.81. The lowest BCUT2D eigenvalue weighted by molar-refractivity contribution is -0.120. The predicted molar refractivity (Wildman–Crippen MR) is 107 cm³/mol. The van der Waals surface area contributed by atoms with Crippen molar-refractivity contribution in [1.82, 2.24) is 9.78 Å². The van der Waals surface area contributed by atoms with Crippen LogP contribution in [0.2, 0.25) is 0 Å². The quantitative estimate of drug-likeness (QED) is 0.694. The normalized spacial score (nSPS) is 11.4. The molecule has 0 radical (unpaired) electrons. The van der Waals surface area contributed by atoms with Crippen molar-refractivity contribution in [3.05, 3.63) is 74.5 Å². The van der Waals surface area contributed by atoms with Crippen LogP contribution in [0, 0.1) is 6.92 Å². The maximum atomic E-state index is 12.9. The molecular formula is C21H21N3O3. The van der Waals surface area contributed by atoms with Gasteiger partial charge in [-0.1, -0.05) is 12.6 Å². The van der Waals surface area contributed by atoms with Gasteiger partial charge in [0.15, 0.2) is 0 Å². The van der Waals surface area contributed by atoms with Crippen molar-refractivity contribution in [2.75, 3.05) is 19.0 Å². The van der Waals surface area contributed by atoms with Gasteiger partial charge >= 0.3 is 0 Å². The van der Waals surface area contributed by atoms with Crippen LogP contribution in [-0.2, 0) is 4.79 Å². The number of nitrogens with one attached hydrogen (secondary N) is 1. The summed E-state index contributed by atoms with van der Waals surface area (Å²) < 4.78 is 6.19. The first kappa shape index (κ1) is 18.3. The summed E-state index contributed by atoms with van der Waals surface area (Å²) in [5, 5.41) is 4.03. The summed E-state index contributed by atoms with van der Waals surface area (Å²) in [5.41, 5.74) is 3.57. The van der Waals surface area contributed by atoms with E-state index < -0.39 is 0 Å². The molecule has 0 aliphatic heterocycles. The van der Waals surface area contributed by atoms with E-state index in [9.17, 15) is 9.59 Å². The van der Waals surface area contributed by atoms with E-state index >= 15 is 0 Å². The Labute approximate surface area is 156 Å². The molecule has 0 aliphatic rings. The third-order valence-corrected chi connectivity index (χ3v) is 4.35. The molecule has 0 amide bonds. The number of aryl methyl sites for hydroxylation is 1. The standard InChI is InChI=1S/C21H21N3O3/c1-14-11-18(23(3)4)6-5-16(14)12-20-15(2)22-24(21(20)26)17-7-9-19(10-8-17)27-13-25/h5-13,22H,2H2,1,3-4H3. The van der Waals surface area contributed by atoms with Gasteiger partial charge in [-0.15, -0.1) is 0 Å². The van der Waals surface area contributed by atoms with Crippen molar-refractivity contribution >= 4 is 24.8 Å². The Bertz CT molecular complexity index is 1140. The highest BCUT2D eigenvalue weighted by Gasteiger charge is 2.06. The van der Waals surface area contributed by atoms with Gasteiger partial charge in [-0.25, -0.2) is 4.68 Å². The fourth-order valence-electron chi connectivity index (χ4n) is 2.81. The molecule has 0 saturated heterocycles. The van der Waals surface area contributed by atoms with Crippen molar-refractivity contribution in [2.24, 2.45) is 0 Å². The van der Waals surface area contributed by atoms with Crippen molar-refractivity contribution < 1.29 is 9.53 Å². The molecule has 3 aromatic rings. The molecule has 3 rings (SSSR count). The van der Waals surface area contributed by atoms with Crippen molar-refractivity contribution in [1.29, 1.82) is 0 Å². The minimum atomic E-state index is -0.194. The topological polar surface area (TPSA) is 67.3 Å². The van der Waals surface area contributed by atoms with Crippen LogP contribution in [0.15, 0.2) is 47.3 Å². The fraction of sp³-hybridized carbons (Fsp3) is 0.143. The average Bonchev–Trinajstić information content (AvgIpc) is 2.92. The largest absolute Gasteiger partial charge is 0.429 e. The van der Waals surface area contributed by atoms with Crippen molar-refractivity contribution in [3.8, 4) is 11.4 Å². The van der Waals surface area contributed by atoms with Crippen LogP contribution in [0.3, 0.4) is 0 Å². The van der Waals surface area contributed by atoms with E-state index in [1.165, 1.54) is 4.68 Å². The third kappa shape index (κ3) is 3.69. The highest BCUT2D eigenvalue weighted by Crippen LogP contribution is 2.17. The van der Waals surface area contributed by atoms with E-state index in [4.69, 9.17) is 4.74 Å². The Morgan fingerprint density at radius 3 is 2.44 bits per heavy atom. The highest BCUT2D eigenvalue weighted by molar-refractivity contribution is 5.59. The van der Waals surface area contributed by atoms with Crippen molar-refractivity contribution in [2.45, 2.75) is 6.92 Å². The zero-order valence-corrected chi connectivity index (χ0v) is 15.5.